The molecule has 5 nitrogen and oxygen atoms in total. The molecule has 0 bridgehead atoms. The van der Waals surface area contributed by atoms with Crippen molar-refractivity contribution in [3.63, 3.8) is 0 Å². The maximum absolute atomic E-state index is 13.9. The lowest BCUT2D eigenvalue weighted by molar-refractivity contribution is 0.459. The number of benzene rings is 1. The summed E-state index contributed by atoms with van der Waals surface area (Å²) in [6, 6.07) is 13.7. The number of nitrogens with zero attached hydrogens (tertiary/aromatic N) is 3. The van der Waals surface area contributed by atoms with Crippen LogP contribution >= 0.6 is 24.0 Å². The molecule has 0 amide bonds. The molecule has 2 aromatic rings. The molecule has 7 heteroatoms. The van der Waals surface area contributed by atoms with E-state index in [0.29, 0.717) is 6.04 Å². The van der Waals surface area contributed by atoms with Crippen LogP contribution in [0.25, 0.3) is 0 Å². The van der Waals surface area contributed by atoms with Crippen LogP contribution in [0.15, 0.2) is 53.7 Å². The van der Waals surface area contributed by atoms with Gasteiger partial charge in [-0.1, -0.05) is 24.3 Å². The molecule has 1 saturated carbocycles. The van der Waals surface area contributed by atoms with E-state index in [2.05, 4.69) is 31.6 Å². The molecular formula is C21H27FIN5. The summed E-state index contributed by atoms with van der Waals surface area (Å²) in [4.78, 5) is 11.1. The highest BCUT2D eigenvalue weighted by atomic mass is 127. The lowest BCUT2D eigenvalue weighted by atomic mass is 10.1. The van der Waals surface area contributed by atoms with Crippen LogP contribution in [-0.2, 0) is 0 Å². The fraction of sp³-hybridized carbons (Fsp3) is 0.429. The number of aromatic nitrogens is 1. The fourth-order valence-electron chi connectivity index (χ4n) is 3.81. The van der Waals surface area contributed by atoms with Gasteiger partial charge < -0.3 is 15.5 Å². The first kappa shape index (κ1) is 20.8. The topological polar surface area (TPSA) is 52.6 Å². The van der Waals surface area contributed by atoms with Crippen LogP contribution < -0.4 is 15.5 Å². The Labute approximate surface area is 182 Å². The SMILES string of the molecule is CN=C(NC1CCN(c2ccccn2)CC1)NC1CC1c1ccccc1F.I. The molecule has 150 valence electrons. The third-order valence-corrected chi connectivity index (χ3v) is 5.45. The molecule has 2 unspecified atom stereocenters. The molecule has 0 radical (unpaired) electrons. The summed E-state index contributed by atoms with van der Waals surface area (Å²) in [5.41, 5.74) is 0.800. The maximum atomic E-state index is 13.9. The van der Waals surface area contributed by atoms with Crippen molar-refractivity contribution < 1.29 is 4.39 Å². The average molecular weight is 495 g/mol. The first-order valence-corrected chi connectivity index (χ1v) is 9.65. The molecule has 0 spiro atoms. The average Bonchev–Trinajstić information content (AvgIpc) is 3.48. The van der Waals surface area contributed by atoms with Gasteiger partial charge in [-0.2, -0.15) is 0 Å². The number of nitrogens with one attached hydrogen (secondary N) is 2. The highest BCUT2D eigenvalue weighted by Crippen LogP contribution is 2.41. The van der Waals surface area contributed by atoms with E-state index < -0.39 is 0 Å². The van der Waals surface area contributed by atoms with Crippen LogP contribution in [0.2, 0.25) is 0 Å². The van der Waals surface area contributed by atoms with Crippen LogP contribution in [0.5, 0.6) is 0 Å². The second-order valence-electron chi connectivity index (χ2n) is 7.28. The molecule has 2 fully saturated rings. The van der Waals surface area contributed by atoms with Gasteiger partial charge in [0.2, 0.25) is 0 Å². The van der Waals surface area contributed by atoms with Crippen LogP contribution in [0.4, 0.5) is 10.2 Å². The largest absolute Gasteiger partial charge is 0.356 e. The fourth-order valence-corrected chi connectivity index (χ4v) is 3.81. The maximum Gasteiger partial charge on any atom is 0.191 e. The molecular weight excluding hydrogens is 468 g/mol. The van der Waals surface area contributed by atoms with Crippen LogP contribution in [0.1, 0.15) is 30.7 Å². The Morgan fingerprint density at radius 1 is 1.11 bits per heavy atom. The summed E-state index contributed by atoms with van der Waals surface area (Å²) in [7, 11) is 1.79. The Morgan fingerprint density at radius 2 is 1.86 bits per heavy atom. The van der Waals surface area contributed by atoms with Crippen LogP contribution in [-0.4, -0.2) is 43.2 Å². The monoisotopic (exact) mass is 495 g/mol. The summed E-state index contributed by atoms with van der Waals surface area (Å²) in [6.07, 6.45) is 4.87. The van der Waals surface area contributed by atoms with Crippen molar-refractivity contribution >= 4 is 35.8 Å². The van der Waals surface area contributed by atoms with Crippen molar-refractivity contribution in [2.75, 3.05) is 25.0 Å². The predicted molar refractivity (Wildman–Crippen MR) is 122 cm³/mol. The number of anilines is 1. The molecule has 1 aliphatic heterocycles. The van der Waals surface area contributed by atoms with E-state index >= 15 is 0 Å². The van der Waals surface area contributed by atoms with E-state index in [1.165, 1.54) is 6.07 Å². The molecule has 1 aromatic heterocycles. The zero-order chi connectivity index (χ0) is 18.6. The minimum atomic E-state index is -0.114. The number of aliphatic imine (C=N–C) groups is 1. The zero-order valence-electron chi connectivity index (χ0n) is 16.0. The number of pyridine rings is 1. The predicted octanol–water partition coefficient (Wildman–Crippen LogP) is 3.53. The van der Waals surface area contributed by atoms with Gasteiger partial charge in [0.25, 0.3) is 0 Å². The van der Waals surface area contributed by atoms with Crippen molar-refractivity contribution in [1.82, 2.24) is 15.6 Å². The molecule has 2 atom stereocenters. The number of halogens is 2. The van der Waals surface area contributed by atoms with Crippen molar-refractivity contribution in [3.05, 3.63) is 60.0 Å². The number of piperidine rings is 1. The molecule has 1 aromatic carbocycles. The van der Waals surface area contributed by atoms with E-state index in [9.17, 15) is 4.39 Å². The molecule has 1 saturated heterocycles. The van der Waals surface area contributed by atoms with E-state index in [-0.39, 0.29) is 41.8 Å². The summed E-state index contributed by atoms with van der Waals surface area (Å²) in [6.45, 7) is 1.96. The minimum absolute atomic E-state index is 0. The third-order valence-electron chi connectivity index (χ3n) is 5.45. The Bertz CT molecular complexity index is 792. The Balaban J connectivity index is 0.00000225. The van der Waals surface area contributed by atoms with E-state index in [0.717, 1.165) is 49.7 Å². The van der Waals surface area contributed by atoms with Gasteiger partial charge in [-0.05, 0) is 43.0 Å². The Morgan fingerprint density at radius 3 is 2.54 bits per heavy atom. The van der Waals surface area contributed by atoms with Gasteiger partial charge in [-0.3, -0.25) is 4.99 Å². The van der Waals surface area contributed by atoms with E-state index in [1.54, 1.807) is 13.1 Å². The second kappa shape index (κ2) is 9.54. The van der Waals surface area contributed by atoms with Crippen LogP contribution in [0.3, 0.4) is 0 Å². The molecule has 2 heterocycles. The van der Waals surface area contributed by atoms with Crippen molar-refractivity contribution in [3.8, 4) is 0 Å². The minimum Gasteiger partial charge on any atom is -0.356 e. The lowest BCUT2D eigenvalue weighted by Gasteiger charge is -2.33. The van der Waals surface area contributed by atoms with E-state index in [1.807, 2.05) is 30.5 Å². The zero-order valence-corrected chi connectivity index (χ0v) is 18.3. The van der Waals surface area contributed by atoms with Gasteiger partial charge >= 0.3 is 0 Å². The van der Waals surface area contributed by atoms with Gasteiger partial charge in [-0.25, -0.2) is 9.37 Å². The van der Waals surface area contributed by atoms with Crippen molar-refractivity contribution in [1.29, 1.82) is 0 Å². The first-order chi connectivity index (χ1) is 13.2. The number of guanidine groups is 1. The molecule has 28 heavy (non-hydrogen) atoms. The normalized spacial score (nSPS) is 22.4. The van der Waals surface area contributed by atoms with Gasteiger partial charge in [0.15, 0.2) is 5.96 Å². The highest BCUT2D eigenvalue weighted by Gasteiger charge is 2.40. The van der Waals surface area contributed by atoms with E-state index in [4.69, 9.17) is 0 Å². The lowest BCUT2D eigenvalue weighted by Crippen LogP contribution is -2.49. The van der Waals surface area contributed by atoms with Gasteiger partial charge in [0.1, 0.15) is 11.6 Å². The Kier molecular flexibility index (Phi) is 7.09. The first-order valence-electron chi connectivity index (χ1n) is 9.65. The second-order valence-corrected chi connectivity index (χ2v) is 7.28. The van der Waals surface area contributed by atoms with Gasteiger partial charge in [-0.15, -0.1) is 24.0 Å². The smallest absolute Gasteiger partial charge is 0.191 e. The van der Waals surface area contributed by atoms with Crippen molar-refractivity contribution in [2.24, 2.45) is 4.99 Å². The number of rotatable bonds is 4. The number of hydrogen-bond donors (Lipinski definition) is 2. The summed E-state index contributed by atoms with van der Waals surface area (Å²) in [5, 5.41) is 6.99. The summed E-state index contributed by atoms with van der Waals surface area (Å²) in [5.74, 6) is 1.98. The molecule has 4 rings (SSSR count). The summed E-state index contributed by atoms with van der Waals surface area (Å²) >= 11 is 0. The molecule has 2 aliphatic rings. The quantitative estimate of drug-likeness (QED) is 0.387. The van der Waals surface area contributed by atoms with Crippen molar-refractivity contribution in [2.45, 2.75) is 37.3 Å². The summed E-state index contributed by atoms with van der Waals surface area (Å²) < 4.78 is 13.9. The molecule has 1 aliphatic carbocycles. The van der Waals surface area contributed by atoms with Gasteiger partial charge in [0, 0.05) is 44.3 Å². The Hall–Kier alpha value is -1.90. The number of hydrogen-bond acceptors (Lipinski definition) is 3. The van der Waals surface area contributed by atoms with Gasteiger partial charge in [0.05, 0.1) is 0 Å². The standard InChI is InChI=1S/C21H26FN5.HI/c1-23-21(26-19-14-17(19)16-6-2-3-7-18(16)22)25-15-9-12-27(13-10-15)20-8-4-5-11-24-20;/h2-8,11,15,17,19H,9-10,12-14H2,1H3,(H2,23,25,26);1H. The molecule has 2 N–H and O–H groups in total. The highest BCUT2D eigenvalue weighted by molar-refractivity contribution is 14.0. The third kappa shape index (κ3) is 4.92. The van der Waals surface area contributed by atoms with Crippen LogP contribution in [0, 0.1) is 5.82 Å².